The standard InChI is InChI=1S/C21H18N4O3S/c1-13-11-17-19(29-13)24-21(28)25(20(17)27)12-18(26)23-16-9-7-15(8-10-16)22-14-5-3-2-4-6-14/h2-11,22H,12H2,1H3,(H,23,26)(H,24,28). The number of rotatable bonds is 5. The molecule has 2 aromatic carbocycles. The average molecular weight is 406 g/mol. The lowest BCUT2D eigenvalue weighted by Crippen LogP contribution is -2.38. The molecule has 4 aromatic rings. The van der Waals surface area contributed by atoms with Crippen molar-refractivity contribution in [1.82, 2.24) is 9.55 Å². The Bertz CT molecular complexity index is 1290. The molecular formula is C21H18N4O3S. The third kappa shape index (κ3) is 4.12. The second-order valence-corrected chi connectivity index (χ2v) is 7.79. The van der Waals surface area contributed by atoms with Crippen molar-refractivity contribution in [2.45, 2.75) is 13.5 Å². The van der Waals surface area contributed by atoms with Gasteiger partial charge in [0.15, 0.2) is 0 Å². The fourth-order valence-corrected chi connectivity index (χ4v) is 3.87. The van der Waals surface area contributed by atoms with E-state index in [-0.39, 0.29) is 6.54 Å². The minimum atomic E-state index is -0.595. The number of aromatic amines is 1. The van der Waals surface area contributed by atoms with Crippen molar-refractivity contribution >= 4 is 44.5 Å². The van der Waals surface area contributed by atoms with E-state index in [9.17, 15) is 14.4 Å². The Kier molecular flexibility index (Phi) is 5.01. The highest BCUT2D eigenvalue weighted by Gasteiger charge is 2.13. The molecule has 7 nitrogen and oxygen atoms in total. The summed E-state index contributed by atoms with van der Waals surface area (Å²) >= 11 is 1.34. The van der Waals surface area contributed by atoms with Gasteiger partial charge in [0.25, 0.3) is 5.56 Å². The minimum Gasteiger partial charge on any atom is -0.356 e. The molecule has 0 spiro atoms. The average Bonchev–Trinajstić information content (AvgIpc) is 3.08. The van der Waals surface area contributed by atoms with Crippen LogP contribution < -0.4 is 21.9 Å². The number of hydrogen-bond donors (Lipinski definition) is 3. The number of H-pyrrole nitrogens is 1. The van der Waals surface area contributed by atoms with E-state index in [1.807, 2.05) is 49.4 Å². The largest absolute Gasteiger partial charge is 0.356 e. The smallest absolute Gasteiger partial charge is 0.329 e. The van der Waals surface area contributed by atoms with Crippen LogP contribution in [-0.4, -0.2) is 15.5 Å². The Hall–Kier alpha value is -3.65. The van der Waals surface area contributed by atoms with Crippen LogP contribution in [0.3, 0.4) is 0 Å². The van der Waals surface area contributed by atoms with Crippen molar-refractivity contribution in [1.29, 1.82) is 0 Å². The summed E-state index contributed by atoms with van der Waals surface area (Å²) in [6, 6.07) is 18.6. The summed E-state index contributed by atoms with van der Waals surface area (Å²) in [7, 11) is 0. The van der Waals surface area contributed by atoms with Crippen LogP contribution in [0.1, 0.15) is 4.88 Å². The number of para-hydroxylation sites is 1. The number of carbonyl (C=O) groups is 1. The Morgan fingerprint density at radius 1 is 1.00 bits per heavy atom. The summed E-state index contributed by atoms with van der Waals surface area (Å²) < 4.78 is 0.912. The number of thiophene rings is 1. The predicted molar refractivity (Wildman–Crippen MR) is 116 cm³/mol. The van der Waals surface area contributed by atoms with E-state index in [2.05, 4.69) is 15.6 Å². The van der Waals surface area contributed by atoms with Crippen LogP contribution in [0.15, 0.2) is 70.3 Å². The first-order chi connectivity index (χ1) is 14.0. The highest BCUT2D eigenvalue weighted by molar-refractivity contribution is 7.18. The Balaban J connectivity index is 1.47. The quantitative estimate of drug-likeness (QED) is 0.473. The zero-order chi connectivity index (χ0) is 20.4. The van der Waals surface area contributed by atoms with Crippen LogP contribution in [0.2, 0.25) is 0 Å². The van der Waals surface area contributed by atoms with Gasteiger partial charge in [0.2, 0.25) is 5.91 Å². The van der Waals surface area contributed by atoms with Crippen molar-refractivity contribution in [2.75, 3.05) is 10.6 Å². The molecule has 3 N–H and O–H groups in total. The second kappa shape index (κ2) is 7.76. The number of hydrogen-bond acceptors (Lipinski definition) is 5. The SMILES string of the molecule is Cc1cc2c(=O)n(CC(=O)Nc3ccc(Nc4ccccc4)cc3)c(=O)[nH]c2s1. The Labute approximate surface area is 169 Å². The first-order valence-corrected chi connectivity index (χ1v) is 9.76. The molecular weight excluding hydrogens is 388 g/mol. The molecule has 0 aliphatic rings. The molecule has 0 aliphatic carbocycles. The van der Waals surface area contributed by atoms with E-state index < -0.39 is 17.2 Å². The Morgan fingerprint density at radius 3 is 2.38 bits per heavy atom. The molecule has 0 radical (unpaired) electrons. The predicted octanol–water partition coefficient (Wildman–Crippen LogP) is 3.44. The number of nitrogens with zero attached hydrogens (tertiary/aromatic N) is 1. The third-order valence-electron chi connectivity index (χ3n) is 4.33. The zero-order valence-corrected chi connectivity index (χ0v) is 16.4. The van der Waals surface area contributed by atoms with Crippen LogP contribution in [0.4, 0.5) is 17.1 Å². The van der Waals surface area contributed by atoms with Crippen LogP contribution in [0.25, 0.3) is 10.2 Å². The molecule has 0 aliphatic heterocycles. The van der Waals surface area contributed by atoms with Gasteiger partial charge in [0.05, 0.1) is 5.39 Å². The Morgan fingerprint density at radius 2 is 1.66 bits per heavy atom. The molecule has 4 rings (SSSR count). The second-order valence-electron chi connectivity index (χ2n) is 6.54. The molecule has 2 heterocycles. The van der Waals surface area contributed by atoms with Gasteiger partial charge >= 0.3 is 5.69 Å². The molecule has 0 atom stereocenters. The summed E-state index contributed by atoms with van der Waals surface area (Å²) in [6.45, 7) is 1.50. The van der Waals surface area contributed by atoms with Gasteiger partial charge in [-0.15, -0.1) is 11.3 Å². The number of benzene rings is 2. The molecule has 29 heavy (non-hydrogen) atoms. The number of aryl methyl sites for hydroxylation is 1. The van der Waals surface area contributed by atoms with Crippen LogP contribution in [-0.2, 0) is 11.3 Å². The van der Waals surface area contributed by atoms with Gasteiger partial charge in [0.1, 0.15) is 11.4 Å². The number of carbonyl (C=O) groups excluding carboxylic acids is 1. The lowest BCUT2D eigenvalue weighted by Gasteiger charge is -2.09. The molecule has 146 valence electrons. The number of aromatic nitrogens is 2. The molecule has 0 fully saturated rings. The maximum Gasteiger partial charge on any atom is 0.329 e. The summed E-state index contributed by atoms with van der Waals surface area (Å²) in [5.41, 5.74) is 1.35. The fraction of sp³-hybridized carbons (Fsp3) is 0.0952. The molecule has 0 saturated carbocycles. The van der Waals surface area contributed by atoms with Crippen molar-refractivity contribution in [3.63, 3.8) is 0 Å². The normalized spacial score (nSPS) is 10.8. The summed E-state index contributed by atoms with van der Waals surface area (Å²) in [5, 5.41) is 6.38. The van der Waals surface area contributed by atoms with E-state index in [1.165, 1.54) is 11.3 Å². The van der Waals surface area contributed by atoms with Crippen molar-refractivity contribution in [3.8, 4) is 0 Å². The van der Waals surface area contributed by atoms with E-state index >= 15 is 0 Å². The summed E-state index contributed by atoms with van der Waals surface area (Å²) in [5.74, 6) is -0.451. The highest BCUT2D eigenvalue weighted by Crippen LogP contribution is 2.19. The van der Waals surface area contributed by atoms with Crippen LogP contribution >= 0.6 is 11.3 Å². The molecule has 8 heteroatoms. The van der Waals surface area contributed by atoms with E-state index in [1.54, 1.807) is 18.2 Å². The van der Waals surface area contributed by atoms with Crippen LogP contribution in [0.5, 0.6) is 0 Å². The van der Waals surface area contributed by atoms with Crippen molar-refractivity contribution in [2.24, 2.45) is 0 Å². The van der Waals surface area contributed by atoms with Gasteiger partial charge in [-0.2, -0.15) is 0 Å². The van der Waals surface area contributed by atoms with E-state index in [0.29, 0.717) is 15.9 Å². The lowest BCUT2D eigenvalue weighted by molar-refractivity contribution is -0.116. The minimum absolute atomic E-state index is 0.358. The lowest BCUT2D eigenvalue weighted by atomic mass is 10.2. The zero-order valence-electron chi connectivity index (χ0n) is 15.6. The van der Waals surface area contributed by atoms with Gasteiger partial charge in [-0.25, -0.2) is 4.79 Å². The first kappa shape index (κ1) is 18.7. The first-order valence-electron chi connectivity index (χ1n) is 8.95. The van der Waals surface area contributed by atoms with Gasteiger partial charge in [-0.3, -0.25) is 19.1 Å². The number of nitrogens with one attached hydrogen (secondary N) is 3. The third-order valence-corrected chi connectivity index (χ3v) is 5.30. The number of fused-ring (bicyclic) bond motifs is 1. The van der Waals surface area contributed by atoms with E-state index in [0.717, 1.165) is 20.8 Å². The molecule has 0 bridgehead atoms. The van der Waals surface area contributed by atoms with Crippen LogP contribution in [0, 0.1) is 6.92 Å². The summed E-state index contributed by atoms with van der Waals surface area (Å²) in [6.07, 6.45) is 0. The molecule has 2 aromatic heterocycles. The van der Waals surface area contributed by atoms with Crippen molar-refractivity contribution < 1.29 is 4.79 Å². The topological polar surface area (TPSA) is 96.0 Å². The van der Waals surface area contributed by atoms with Gasteiger partial charge in [-0.1, -0.05) is 18.2 Å². The monoisotopic (exact) mass is 406 g/mol. The highest BCUT2D eigenvalue weighted by atomic mass is 32.1. The van der Waals surface area contributed by atoms with Gasteiger partial charge < -0.3 is 10.6 Å². The maximum absolute atomic E-state index is 12.5. The fourth-order valence-electron chi connectivity index (χ4n) is 2.98. The maximum atomic E-state index is 12.5. The van der Waals surface area contributed by atoms with Gasteiger partial charge in [0, 0.05) is 21.9 Å². The number of amides is 1. The van der Waals surface area contributed by atoms with Gasteiger partial charge in [-0.05, 0) is 49.4 Å². The van der Waals surface area contributed by atoms with Crippen molar-refractivity contribution in [3.05, 3.63) is 86.4 Å². The molecule has 0 unspecified atom stereocenters. The summed E-state index contributed by atoms with van der Waals surface area (Å²) in [4.78, 5) is 41.2. The molecule has 1 amide bonds. The molecule has 0 saturated heterocycles. The van der Waals surface area contributed by atoms with E-state index in [4.69, 9.17) is 0 Å². The number of anilines is 3.